The topological polar surface area (TPSA) is 29.5 Å². The molecule has 0 aromatic heterocycles. The second-order valence-electron chi connectivity index (χ2n) is 6.43. The summed E-state index contributed by atoms with van der Waals surface area (Å²) >= 11 is 0. The fourth-order valence-corrected chi connectivity index (χ4v) is 4.78. The molecule has 0 aliphatic heterocycles. The first-order valence-electron chi connectivity index (χ1n) is 6.46. The van der Waals surface area contributed by atoms with E-state index in [1.807, 2.05) is 19.6 Å². The molecule has 0 heterocycles. The Hall–Kier alpha value is -0.576. The SMILES string of the molecule is C#CC(CC(=O)O[Si](C)(C)C)N(CC)[Si](C)(C)C. The van der Waals surface area contributed by atoms with Crippen molar-refractivity contribution >= 4 is 22.5 Å². The minimum absolute atomic E-state index is 0.134. The molecular weight excluding hydrogens is 258 g/mol. The van der Waals surface area contributed by atoms with Crippen molar-refractivity contribution in [1.29, 1.82) is 0 Å². The minimum Gasteiger partial charge on any atom is -0.520 e. The zero-order chi connectivity index (χ0) is 14.6. The van der Waals surface area contributed by atoms with Crippen LogP contribution < -0.4 is 0 Å². The van der Waals surface area contributed by atoms with Crippen LogP contribution in [0.1, 0.15) is 13.3 Å². The van der Waals surface area contributed by atoms with Gasteiger partial charge in [0.1, 0.15) is 8.24 Å². The smallest absolute Gasteiger partial charge is 0.295 e. The summed E-state index contributed by atoms with van der Waals surface area (Å²) in [5.74, 6) is 2.59. The van der Waals surface area contributed by atoms with Gasteiger partial charge in [-0.1, -0.05) is 32.5 Å². The molecule has 5 heteroatoms. The zero-order valence-electron chi connectivity index (χ0n) is 12.8. The summed E-state index contributed by atoms with van der Waals surface area (Å²) in [5.41, 5.74) is 0. The first-order chi connectivity index (χ1) is 8.01. The summed E-state index contributed by atoms with van der Waals surface area (Å²) in [5, 5.41) is 0. The van der Waals surface area contributed by atoms with E-state index >= 15 is 0 Å². The summed E-state index contributed by atoms with van der Waals surface area (Å²) in [4.78, 5) is 11.9. The Morgan fingerprint density at radius 2 is 1.78 bits per heavy atom. The molecule has 0 aromatic carbocycles. The lowest BCUT2D eigenvalue weighted by Crippen LogP contribution is -2.52. The van der Waals surface area contributed by atoms with Gasteiger partial charge < -0.3 is 8.99 Å². The van der Waals surface area contributed by atoms with E-state index in [1.54, 1.807) is 0 Å². The minimum atomic E-state index is -1.82. The predicted octanol–water partition coefficient (Wildman–Crippen LogP) is 2.91. The molecule has 0 saturated heterocycles. The summed E-state index contributed by atoms with van der Waals surface area (Å²) < 4.78 is 7.76. The van der Waals surface area contributed by atoms with E-state index in [0.29, 0.717) is 6.42 Å². The summed E-state index contributed by atoms with van der Waals surface area (Å²) in [6, 6.07) is -0.134. The van der Waals surface area contributed by atoms with Crippen LogP contribution in [0.25, 0.3) is 0 Å². The van der Waals surface area contributed by atoms with Crippen LogP contribution in [0.2, 0.25) is 39.3 Å². The van der Waals surface area contributed by atoms with Gasteiger partial charge in [-0.15, -0.1) is 6.42 Å². The van der Waals surface area contributed by atoms with Gasteiger partial charge >= 0.3 is 0 Å². The Morgan fingerprint density at radius 1 is 1.28 bits per heavy atom. The Balaban J connectivity index is 4.72. The molecule has 0 spiro atoms. The highest BCUT2D eigenvalue weighted by Gasteiger charge is 2.31. The third-order valence-corrected chi connectivity index (χ3v) is 5.74. The van der Waals surface area contributed by atoms with Gasteiger partial charge in [0.05, 0.1) is 12.5 Å². The molecule has 0 radical (unpaired) electrons. The van der Waals surface area contributed by atoms with Gasteiger partial charge in [-0.2, -0.15) is 0 Å². The van der Waals surface area contributed by atoms with Crippen molar-refractivity contribution in [2.24, 2.45) is 0 Å². The van der Waals surface area contributed by atoms with Crippen LogP contribution in [-0.2, 0) is 9.22 Å². The summed E-state index contributed by atoms with van der Waals surface area (Å²) in [6.07, 6.45) is 5.90. The highest BCUT2D eigenvalue weighted by Crippen LogP contribution is 2.16. The monoisotopic (exact) mass is 285 g/mol. The van der Waals surface area contributed by atoms with E-state index in [1.165, 1.54) is 0 Å². The number of terminal acetylenes is 1. The van der Waals surface area contributed by atoms with Crippen molar-refractivity contribution < 1.29 is 9.22 Å². The fraction of sp³-hybridized carbons (Fsp3) is 0.769. The van der Waals surface area contributed by atoms with E-state index in [2.05, 4.69) is 37.1 Å². The van der Waals surface area contributed by atoms with Gasteiger partial charge in [-0.3, -0.25) is 4.79 Å². The van der Waals surface area contributed by atoms with E-state index in [9.17, 15) is 4.79 Å². The lowest BCUT2D eigenvalue weighted by molar-refractivity contribution is -0.135. The maximum atomic E-state index is 11.9. The number of carbonyl (C=O) groups excluding carboxylic acids is 1. The second-order valence-corrected chi connectivity index (χ2v) is 15.8. The molecule has 0 rings (SSSR count). The number of rotatable bonds is 6. The molecule has 0 N–H and O–H groups in total. The molecule has 0 aliphatic rings. The molecule has 3 nitrogen and oxygen atoms in total. The summed E-state index contributed by atoms with van der Waals surface area (Å²) in [7, 11) is -3.32. The van der Waals surface area contributed by atoms with E-state index in [0.717, 1.165) is 6.54 Å². The normalized spacial score (nSPS) is 14.2. The molecule has 104 valence electrons. The standard InChI is InChI=1S/C13H27NO2Si2/c1-9-12(14(10-2)17(3,4)5)11-13(15)16-18(6,7)8/h1,12H,10-11H2,2-8H3. The van der Waals surface area contributed by atoms with Crippen LogP contribution >= 0.6 is 0 Å². The average molecular weight is 286 g/mol. The van der Waals surface area contributed by atoms with Crippen molar-refractivity contribution in [3.8, 4) is 12.3 Å². The zero-order valence-corrected chi connectivity index (χ0v) is 14.8. The molecule has 0 aromatic rings. The van der Waals surface area contributed by atoms with Crippen LogP contribution in [0.4, 0.5) is 0 Å². The largest absolute Gasteiger partial charge is 0.520 e. The number of nitrogens with zero attached hydrogens (tertiary/aromatic N) is 1. The van der Waals surface area contributed by atoms with Crippen LogP contribution in [0, 0.1) is 12.3 Å². The first kappa shape index (κ1) is 17.4. The van der Waals surface area contributed by atoms with E-state index in [4.69, 9.17) is 10.8 Å². The third kappa shape index (κ3) is 6.38. The van der Waals surface area contributed by atoms with Gasteiger partial charge in [0.2, 0.25) is 8.32 Å². The Morgan fingerprint density at radius 3 is 2.06 bits per heavy atom. The van der Waals surface area contributed by atoms with Crippen molar-refractivity contribution in [1.82, 2.24) is 4.57 Å². The number of hydrogen-bond acceptors (Lipinski definition) is 3. The molecule has 0 saturated carbocycles. The maximum absolute atomic E-state index is 11.9. The highest BCUT2D eigenvalue weighted by atomic mass is 28.4. The van der Waals surface area contributed by atoms with Crippen LogP contribution in [0.15, 0.2) is 0 Å². The Labute approximate surface area is 114 Å². The molecule has 0 bridgehead atoms. The molecule has 0 amide bonds. The van der Waals surface area contributed by atoms with Crippen LogP contribution in [0.3, 0.4) is 0 Å². The quantitative estimate of drug-likeness (QED) is 0.555. The van der Waals surface area contributed by atoms with E-state index in [-0.39, 0.29) is 12.0 Å². The molecule has 18 heavy (non-hydrogen) atoms. The molecule has 0 aliphatic carbocycles. The van der Waals surface area contributed by atoms with Crippen molar-refractivity contribution in [2.45, 2.75) is 58.7 Å². The van der Waals surface area contributed by atoms with Gasteiger partial charge in [-0.05, 0) is 26.2 Å². The molecular formula is C13H27NO2Si2. The molecule has 1 unspecified atom stereocenters. The number of hydrogen-bond donors (Lipinski definition) is 0. The molecule has 1 atom stereocenters. The second kappa shape index (κ2) is 6.55. The van der Waals surface area contributed by atoms with Gasteiger partial charge in [0, 0.05) is 0 Å². The first-order valence-corrected chi connectivity index (χ1v) is 13.3. The van der Waals surface area contributed by atoms with Crippen molar-refractivity contribution in [2.75, 3.05) is 6.54 Å². The lowest BCUT2D eigenvalue weighted by Gasteiger charge is -2.37. The predicted molar refractivity (Wildman–Crippen MR) is 82.4 cm³/mol. The summed E-state index contributed by atoms with van der Waals surface area (Å²) in [6.45, 7) is 15.7. The van der Waals surface area contributed by atoms with Crippen molar-refractivity contribution in [3.63, 3.8) is 0 Å². The lowest BCUT2D eigenvalue weighted by atomic mass is 10.2. The van der Waals surface area contributed by atoms with Crippen LogP contribution in [-0.4, -0.2) is 39.7 Å². The third-order valence-electron chi connectivity index (χ3n) is 2.55. The van der Waals surface area contributed by atoms with Crippen molar-refractivity contribution in [3.05, 3.63) is 0 Å². The van der Waals surface area contributed by atoms with Gasteiger partial charge in [0.15, 0.2) is 0 Å². The highest BCUT2D eigenvalue weighted by molar-refractivity contribution is 6.73. The maximum Gasteiger partial charge on any atom is 0.295 e. The Bertz CT molecular complexity index is 323. The van der Waals surface area contributed by atoms with Gasteiger partial charge in [0.25, 0.3) is 5.97 Å². The molecule has 0 fully saturated rings. The average Bonchev–Trinajstić information content (AvgIpc) is 2.11. The fourth-order valence-electron chi connectivity index (χ4n) is 1.96. The Kier molecular flexibility index (Phi) is 6.34. The number of carbonyl (C=O) groups is 1. The van der Waals surface area contributed by atoms with Gasteiger partial charge in [-0.25, -0.2) is 0 Å². The van der Waals surface area contributed by atoms with E-state index < -0.39 is 16.6 Å². The van der Waals surface area contributed by atoms with Crippen LogP contribution in [0.5, 0.6) is 0 Å².